The molecule has 158 valence electrons. The minimum absolute atomic E-state index is 0. The van der Waals surface area contributed by atoms with Crippen molar-refractivity contribution in [2.45, 2.75) is 31.0 Å². The molecule has 29 heavy (non-hydrogen) atoms. The van der Waals surface area contributed by atoms with Crippen molar-refractivity contribution in [2.75, 3.05) is 19.8 Å². The SMILES string of the molecule is Cl.NCc1ccc(C(=O)NCC2(c3cccc(C(F)(F)F)c3)CCOCC2)cc1. The smallest absolute Gasteiger partial charge is 0.381 e. The van der Waals surface area contributed by atoms with E-state index < -0.39 is 17.2 Å². The summed E-state index contributed by atoms with van der Waals surface area (Å²) in [6, 6.07) is 12.3. The van der Waals surface area contributed by atoms with Gasteiger partial charge in [0.2, 0.25) is 0 Å². The third-order valence-electron chi connectivity index (χ3n) is 5.29. The summed E-state index contributed by atoms with van der Waals surface area (Å²) in [7, 11) is 0. The monoisotopic (exact) mass is 428 g/mol. The van der Waals surface area contributed by atoms with Gasteiger partial charge in [0.1, 0.15) is 0 Å². The van der Waals surface area contributed by atoms with Gasteiger partial charge in [-0.3, -0.25) is 4.79 Å². The van der Waals surface area contributed by atoms with Gasteiger partial charge >= 0.3 is 6.18 Å². The number of halogens is 4. The number of rotatable bonds is 5. The molecule has 8 heteroatoms. The van der Waals surface area contributed by atoms with Crippen LogP contribution < -0.4 is 11.1 Å². The maximum absolute atomic E-state index is 13.2. The van der Waals surface area contributed by atoms with Gasteiger partial charge in [-0.25, -0.2) is 0 Å². The molecule has 1 saturated heterocycles. The Morgan fingerprint density at radius 3 is 2.34 bits per heavy atom. The number of carbonyl (C=O) groups excluding carboxylic acids is 1. The Morgan fingerprint density at radius 1 is 1.10 bits per heavy atom. The molecule has 0 aliphatic carbocycles. The Morgan fingerprint density at radius 2 is 1.76 bits per heavy atom. The van der Waals surface area contributed by atoms with Crippen LogP contribution in [0.1, 0.15) is 39.9 Å². The van der Waals surface area contributed by atoms with Crippen LogP contribution in [-0.4, -0.2) is 25.7 Å². The molecule has 1 amide bonds. The zero-order valence-corrected chi connectivity index (χ0v) is 16.6. The van der Waals surface area contributed by atoms with Crippen molar-refractivity contribution in [1.29, 1.82) is 0 Å². The molecule has 2 aromatic carbocycles. The summed E-state index contributed by atoms with van der Waals surface area (Å²) < 4.78 is 44.9. The summed E-state index contributed by atoms with van der Waals surface area (Å²) >= 11 is 0. The summed E-state index contributed by atoms with van der Waals surface area (Å²) in [5.41, 5.74) is 6.27. The highest BCUT2D eigenvalue weighted by molar-refractivity contribution is 5.94. The molecular formula is C21H24ClF3N2O2. The van der Waals surface area contributed by atoms with Crippen LogP contribution in [0.15, 0.2) is 48.5 Å². The summed E-state index contributed by atoms with van der Waals surface area (Å²) in [5.74, 6) is -0.263. The summed E-state index contributed by atoms with van der Waals surface area (Å²) in [4.78, 5) is 12.5. The van der Waals surface area contributed by atoms with Crippen molar-refractivity contribution in [1.82, 2.24) is 5.32 Å². The predicted molar refractivity (Wildman–Crippen MR) is 107 cm³/mol. The van der Waals surface area contributed by atoms with Crippen LogP contribution in [0, 0.1) is 0 Å². The van der Waals surface area contributed by atoms with E-state index in [4.69, 9.17) is 10.5 Å². The van der Waals surface area contributed by atoms with Crippen molar-refractivity contribution >= 4 is 18.3 Å². The molecule has 3 N–H and O–H groups in total. The van der Waals surface area contributed by atoms with E-state index in [9.17, 15) is 18.0 Å². The van der Waals surface area contributed by atoms with Crippen LogP contribution in [-0.2, 0) is 22.9 Å². The lowest BCUT2D eigenvalue weighted by Gasteiger charge is -2.38. The average molecular weight is 429 g/mol. The van der Waals surface area contributed by atoms with Gasteiger partial charge in [-0.2, -0.15) is 13.2 Å². The van der Waals surface area contributed by atoms with E-state index in [2.05, 4.69) is 5.32 Å². The molecule has 1 heterocycles. The van der Waals surface area contributed by atoms with Gasteiger partial charge < -0.3 is 15.8 Å². The molecule has 0 unspecified atom stereocenters. The molecular weight excluding hydrogens is 405 g/mol. The first-order valence-electron chi connectivity index (χ1n) is 9.17. The van der Waals surface area contributed by atoms with Crippen molar-refractivity contribution in [3.63, 3.8) is 0 Å². The second-order valence-electron chi connectivity index (χ2n) is 7.05. The lowest BCUT2D eigenvalue weighted by Crippen LogP contribution is -2.44. The van der Waals surface area contributed by atoms with E-state index in [0.29, 0.717) is 43.7 Å². The van der Waals surface area contributed by atoms with E-state index in [0.717, 1.165) is 11.6 Å². The molecule has 1 fully saturated rings. The van der Waals surface area contributed by atoms with Gasteiger partial charge in [-0.15, -0.1) is 12.4 Å². The normalized spacial score (nSPS) is 16.0. The molecule has 0 radical (unpaired) electrons. The van der Waals surface area contributed by atoms with Gasteiger partial charge in [0.15, 0.2) is 0 Å². The molecule has 3 rings (SSSR count). The van der Waals surface area contributed by atoms with Crippen molar-refractivity contribution < 1.29 is 22.7 Å². The summed E-state index contributed by atoms with van der Waals surface area (Å²) in [5, 5.41) is 2.90. The summed E-state index contributed by atoms with van der Waals surface area (Å²) in [6.45, 7) is 1.52. The molecule has 0 bridgehead atoms. The van der Waals surface area contributed by atoms with Crippen molar-refractivity contribution in [3.05, 3.63) is 70.8 Å². The number of benzene rings is 2. The Balaban J connectivity index is 0.00000300. The first-order chi connectivity index (χ1) is 13.3. The standard InChI is InChI=1S/C21H23F3N2O2.ClH/c22-21(23,24)18-3-1-2-17(12-18)20(8-10-28-11-9-20)14-26-19(27)16-6-4-15(13-25)5-7-16;/h1-7,12H,8-11,13-14,25H2,(H,26,27);1H. The van der Waals surface area contributed by atoms with Crippen LogP contribution in [0.3, 0.4) is 0 Å². The first-order valence-corrected chi connectivity index (χ1v) is 9.17. The highest BCUT2D eigenvalue weighted by atomic mass is 35.5. The molecule has 2 aromatic rings. The van der Waals surface area contributed by atoms with Crippen LogP contribution in [0.5, 0.6) is 0 Å². The number of nitrogens with one attached hydrogen (secondary N) is 1. The minimum Gasteiger partial charge on any atom is -0.381 e. The number of hydrogen-bond acceptors (Lipinski definition) is 3. The lowest BCUT2D eigenvalue weighted by molar-refractivity contribution is -0.137. The molecule has 0 spiro atoms. The number of alkyl halides is 3. The quantitative estimate of drug-likeness (QED) is 0.754. The Bertz CT molecular complexity index is 819. The largest absolute Gasteiger partial charge is 0.416 e. The Labute approximate surface area is 174 Å². The number of hydrogen-bond donors (Lipinski definition) is 2. The van der Waals surface area contributed by atoms with Crippen molar-refractivity contribution in [2.24, 2.45) is 5.73 Å². The third-order valence-corrected chi connectivity index (χ3v) is 5.29. The fourth-order valence-corrected chi connectivity index (χ4v) is 3.50. The molecule has 1 aliphatic rings. The van der Waals surface area contributed by atoms with Crippen LogP contribution in [0.4, 0.5) is 13.2 Å². The van der Waals surface area contributed by atoms with E-state index in [1.807, 2.05) is 0 Å². The third kappa shape index (κ3) is 5.50. The molecule has 0 saturated carbocycles. The maximum Gasteiger partial charge on any atom is 0.416 e. The number of nitrogens with two attached hydrogens (primary N) is 1. The number of ether oxygens (including phenoxy) is 1. The highest BCUT2D eigenvalue weighted by Crippen LogP contribution is 2.37. The zero-order valence-electron chi connectivity index (χ0n) is 15.8. The van der Waals surface area contributed by atoms with Crippen LogP contribution >= 0.6 is 12.4 Å². The molecule has 1 aliphatic heterocycles. The van der Waals surface area contributed by atoms with Crippen molar-refractivity contribution in [3.8, 4) is 0 Å². The van der Waals surface area contributed by atoms with Crippen LogP contribution in [0.2, 0.25) is 0 Å². The van der Waals surface area contributed by atoms with Gasteiger partial charge in [0.25, 0.3) is 5.91 Å². The Kier molecular flexibility index (Phi) is 7.68. The van der Waals surface area contributed by atoms with Gasteiger partial charge in [0, 0.05) is 37.3 Å². The molecule has 4 nitrogen and oxygen atoms in total. The second-order valence-corrected chi connectivity index (χ2v) is 7.05. The first kappa shape index (κ1) is 23.2. The second kappa shape index (κ2) is 9.61. The van der Waals surface area contributed by atoms with E-state index >= 15 is 0 Å². The predicted octanol–water partition coefficient (Wildman–Crippen LogP) is 4.06. The topological polar surface area (TPSA) is 64.4 Å². The zero-order chi connectivity index (χ0) is 20.2. The van der Waals surface area contributed by atoms with E-state index in [1.54, 1.807) is 30.3 Å². The highest BCUT2D eigenvalue weighted by Gasteiger charge is 2.37. The average Bonchev–Trinajstić information content (AvgIpc) is 2.72. The van der Waals surface area contributed by atoms with E-state index in [-0.39, 0.29) is 24.9 Å². The van der Waals surface area contributed by atoms with Gasteiger partial charge in [-0.1, -0.05) is 30.3 Å². The fraction of sp³-hybridized carbons (Fsp3) is 0.381. The van der Waals surface area contributed by atoms with Crippen LogP contribution in [0.25, 0.3) is 0 Å². The minimum atomic E-state index is -4.41. The maximum atomic E-state index is 13.2. The van der Waals surface area contributed by atoms with E-state index in [1.165, 1.54) is 12.1 Å². The Hall–Kier alpha value is -2.09. The number of carbonyl (C=O) groups is 1. The molecule has 0 aromatic heterocycles. The number of amides is 1. The fourth-order valence-electron chi connectivity index (χ4n) is 3.50. The van der Waals surface area contributed by atoms with Gasteiger partial charge in [0.05, 0.1) is 5.56 Å². The van der Waals surface area contributed by atoms with Gasteiger partial charge in [-0.05, 0) is 42.2 Å². The summed E-state index contributed by atoms with van der Waals surface area (Å²) in [6.07, 6.45) is -3.32. The molecule has 0 atom stereocenters. The lowest BCUT2D eigenvalue weighted by atomic mass is 9.73.